The Morgan fingerprint density at radius 1 is 1.18 bits per heavy atom. The first-order valence-electron chi connectivity index (χ1n) is 12.4. The highest BCUT2D eigenvalue weighted by atomic mass is 127. The van der Waals surface area contributed by atoms with E-state index in [1.54, 1.807) is 11.0 Å². The summed E-state index contributed by atoms with van der Waals surface area (Å²) in [5.74, 6) is -1.11. The molecule has 3 aromatic rings. The molecule has 0 aliphatic carbocycles. The monoisotopic (exact) mass is 633 g/mol. The molecule has 1 atom stereocenters. The van der Waals surface area contributed by atoms with Crippen molar-refractivity contribution < 1.29 is 23.5 Å². The van der Waals surface area contributed by atoms with Crippen molar-refractivity contribution in [3.63, 3.8) is 0 Å². The Balaban J connectivity index is 1.23. The van der Waals surface area contributed by atoms with Crippen LogP contribution in [0.1, 0.15) is 29.5 Å². The van der Waals surface area contributed by atoms with Gasteiger partial charge in [0, 0.05) is 42.2 Å². The van der Waals surface area contributed by atoms with Crippen LogP contribution < -0.4 is 16.4 Å². The molecule has 0 radical (unpaired) electrons. The Bertz CT molecular complexity index is 1430. The predicted octanol–water partition coefficient (Wildman–Crippen LogP) is 3.36. The number of nitrogens with one attached hydrogen (secondary N) is 3. The third kappa shape index (κ3) is 5.35. The first kappa shape index (κ1) is 26.1. The molecule has 3 heterocycles. The minimum atomic E-state index is -0.917. The quantitative estimate of drug-likeness (QED) is 0.217. The summed E-state index contributed by atoms with van der Waals surface area (Å²) in [5.41, 5.74) is 4.57. The number of benzene rings is 2. The number of hydrogen-bond acceptors (Lipinski definition) is 6. The summed E-state index contributed by atoms with van der Waals surface area (Å²) in [5, 5.41) is 5.77. The predicted molar refractivity (Wildman–Crippen MR) is 148 cm³/mol. The van der Waals surface area contributed by atoms with Gasteiger partial charge in [0.15, 0.2) is 5.58 Å². The number of H-pyrrole nitrogens is 1. The molecule has 38 heavy (non-hydrogen) atoms. The van der Waals surface area contributed by atoms with Crippen molar-refractivity contribution in [2.75, 3.05) is 25.5 Å². The van der Waals surface area contributed by atoms with Gasteiger partial charge in [-0.2, -0.15) is 0 Å². The number of aromatic nitrogens is 1. The number of amides is 4. The number of fused-ring (bicyclic) bond motifs is 2. The maximum absolute atomic E-state index is 13.1. The van der Waals surface area contributed by atoms with Crippen molar-refractivity contribution >= 4 is 57.4 Å². The van der Waals surface area contributed by atoms with Gasteiger partial charge in [0.25, 0.3) is 0 Å². The number of oxazole rings is 1. The van der Waals surface area contributed by atoms with Crippen LogP contribution in [0.25, 0.3) is 11.1 Å². The number of urea groups is 2. The molecule has 3 N–H and O–H groups in total. The normalized spacial score (nSPS) is 16.6. The van der Waals surface area contributed by atoms with E-state index in [0.717, 1.165) is 22.4 Å². The Kier molecular flexibility index (Phi) is 7.58. The van der Waals surface area contributed by atoms with Crippen molar-refractivity contribution in [1.29, 1.82) is 0 Å². The summed E-state index contributed by atoms with van der Waals surface area (Å²) in [6, 6.07) is 9.89. The molecular weight excluding hydrogens is 605 g/mol. The second-order valence-electron chi connectivity index (χ2n) is 9.43. The number of esters is 1. The van der Waals surface area contributed by atoms with Gasteiger partial charge in [-0.25, -0.2) is 19.2 Å². The van der Waals surface area contributed by atoms with Crippen LogP contribution >= 0.6 is 22.6 Å². The van der Waals surface area contributed by atoms with Crippen LogP contribution in [0.4, 0.5) is 15.3 Å². The summed E-state index contributed by atoms with van der Waals surface area (Å²) >= 11 is 2.21. The first-order valence-corrected chi connectivity index (χ1v) is 13.9. The highest BCUT2D eigenvalue weighted by molar-refractivity contribution is 14.1. The van der Waals surface area contributed by atoms with Gasteiger partial charge in [0.1, 0.15) is 6.04 Å². The van der Waals surface area contributed by atoms with Crippen molar-refractivity contribution in [2.24, 2.45) is 0 Å². The van der Waals surface area contributed by atoms with Crippen LogP contribution in [0.5, 0.6) is 0 Å². The third-order valence-electron chi connectivity index (χ3n) is 7.15. The number of para-hydroxylation sites is 1. The topological polar surface area (TPSA) is 137 Å². The molecular formula is C26H28IN5O6. The fourth-order valence-corrected chi connectivity index (χ4v) is 5.80. The molecule has 12 heteroatoms. The second-order valence-corrected chi connectivity index (χ2v) is 10.2. The number of piperidine rings is 1. The number of carbonyl (C=O) groups excluding carboxylic acids is 3. The largest absolute Gasteiger partial charge is 0.467 e. The van der Waals surface area contributed by atoms with Crippen LogP contribution in [0, 0.1) is 0 Å². The number of halogens is 1. The van der Waals surface area contributed by atoms with E-state index in [9.17, 15) is 19.2 Å². The average Bonchev–Trinajstić information content (AvgIpc) is 3.30. The number of anilines is 1. The van der Waals surface area contributed by atoms with Crippen LogP contribution in [-0.4, -0.2) is 65.1 Å². The molecule has 2 aliphatic heterocycles. The van der Waals surface area contributed by atoms with Crippen LogP contribution in [0.2, 0.25) is 0 Å². The van der Waals surface area contributed by atoms with Gasteiger partial charge in [-0.3, -0.25) is 4.98 Å². The third-order valence-corrected chi connectivity index (χ3v) is 7.97. The minimum absolute atomic E-state index is 0.0118. The molecule has 11 nitrogen and oxygen atoms in total. The van der Waals surface area contributed by atoms with Crippen LogP contribution in [-0.2, 0) is 26.9 Å². The fraction of sp³-hybridized carbons (Fsp3) is 0.385. The van der Waals surface area contributed by atoms with E-state index in [2.05, 4.69) is 38.2 Å². The highest BCUT2D eigenvalue weighted by Crippen LogP contribution is 2.28. The summed E-state index contributed by atoms with van der Waals surface area (Å²) in [6.07, 6.45) is 1.45. The number of nitrogens with zero attached hydrogens (tertiary/aromatic N) is 2. The summed E-state index contributed by atoms with van der Waals surface area (Å²) in [7, 11) is 1.28. The van der Waals surface area contributed by atoms with Gasteiger partial charge in [-0.05, 0) is 47.7 Å². The molecule has 1 fully saturated rings. The van der Waals surface area contributed by atoms with Gasteiger partial charge < -0.3 is 29.6 Å². The Morgan fingerprint density at radius 2 is 1.95 bits per heavy atom. The zero-order chi connectivity index (χ0) is 26.8. The number of ether oxygens (including phenoxy) is 1. The lowest BCUT2D eigenvalue weighted by Gasteiger charge is -2.40. The number of carbonyl (C=O) groups is 3. The number of alkyl halides is 1. The lowest BCUT2D eigenvalue weighted by Crippen LogP contribution is -2.54. The first-order chi connectivity index (χ1) is 18.4. The maximum Gasteiger partial charge on any atom is 0.417 e. The van der Waals surface area contributed by atoms with Gasteiger partial charge >= 0.3 is 23.8 Å². The van der Waals surface area contributed by atoms with Crippen molar-refractivity contribution in [3.8, 4) is 0 Å². The van der Waals surface area contributed by atoms with Gasteiger partial charge in [-0.1, -0.05) is 40.8 Å². The van der Waals surface area contributed by atoms with Crippen LogP contribution in [0.15, 0.2) is 45.6 Å². The summed E-state index contributed by atoms with van der Waals surface area (Å²) < 4.78 is 10.8. The molecule has 200 valence electrons. The van der Waals surface area contributed by atoms with E-state index in [0.29, 0.717) is 48.0 Å². The maximum atomic E-state index is 13.1. The fourth-order valence-electron chi connectivity index (χ4n) is 5.09. The number of likely N-dealkylation sites (tertiary alicyclic amines) is 1. The van der Waals surface area contributed by atoms with Crippen molar-refractivity contribution in [3.05, 3.63) is 63.6 Å². The zero-order valence-electron chi connectivity index (χ0n) is 20.8. The molecule has 1 aromatic heterocycles. The van der Waals surface area contributed by atoms with E-state index in [4.69, 9.17) is 9.15 Å². The van der Waals surface area contributed by atoms with E-state index < -0.39 is 17.8 Å². The molecule has 4 amide bonds. The van der Waals surface area contributed by atoms with Gasteiger partial charge in [0.2, 0.25) is 0 Å². The van der Waals surface area contributed by atoms with Crippen LogP contribution in [0.3, 0.4) is 0 Å². The van der Waals surface area contributed by atoms with E-state index in [1.165, 1.54) is 7.11 Å². The smallest absolute Gasteiger partial charge is 0.417 e. The van der Waals surface area contributed by atoms with E-state index >= 15 is 0 Å². The number of methoxy groups -OCH3 is 1. The van der Waals surface area contributed by atoms with Gasteiger partial charge in [-0.15, -0.1) is 0 Å². The Hall–Kier alpha value is -3.55. The number of rotatable bonds is 6. The molecule has 2 aliphatic rings. The molecule has 0 unspecified atom stereocenters. The zero-order valence-corrected chi connectivity index (χ0v) is 22.9. The van der Waals surface area contributed by atoms with Crippen molar-refractivity contribution in [2.45, 2.75) is 42.3 Å². The highest BCUT2D eigenvalue weighted by Gasteiger charge is 2.34. The van der Waals surface area contributed by atoms with Gasteiger partial charge in [0.05, 0.1) is 12.6 Å². The number of aromatic amines is 1. The average molecular weight is 633 g/mol. The molecule has 0 bridgehead atoms. The second kappa shape index (κ2) is 11.1. The molecule has 0 spiro atoms. The molecule has 1 saturated heterocycles. The molecule has 0 saturated carbocycles. The lowest BCUT2D eigenvalue weighted by atomic mass is 10.00. The SMILES string of the molecule is COC(=O)[C@@H](Cc1cc2oc(=O)[nH]c2cc1CI)NC(=O)N1CCC(N2Cc3ccccc3NC2=O)CC1. The summed E-state index contributed by atoms with van der Waals surface area (Å²) in [6.45, 7) is 1.44. The van der Waals surface area contributed by atoms with Crippen molar-refractivity contribution in [1.82, 2.24) is 20.1 Å². The lowest BCUT2D eigenvalue weighted by molar-refractivity contribution is -0.142. The minimum Gasteiger partial charge on any atom is -0.467 e. The summed E-state index contributed by atoms with van der Waals surface area (Å²) in [4.78, 5) is 56.2. The Labute approximate surface area is 232 Å². The molecule has 2 aromatic carbocycles. The standard InChI is InChI=1S/C26H28IN5O6/c1-37-23(33)21(10-16-12-22-20(11-17(16)13-27)30-26(36)38-22)29-24(34)31-8-6-18(7-9-31)32-14-15-4-2-3-5-19(15)28-25(32)35/h2-5,11-12,18,21H,6-10,13-14H2,1H3,(H,28,35)(H,29,34)(H,30,36)/t21-/m1/s1. The number of hydrogen-bond donors (Lipinski definition) is 3. The molecule has 5 rings (SSSR count). The Morgan fingerprint density at radius 3 is 2.68 bits per heavy atom. The van der Waals surface area contributed by atoms with E-state index in [-0.39, 0.29) is 24.5 Å². The van der Waals surface area contributed by atoms with E-state index in [1.807, 2.05) is 35.2 Å².